The number of fused-ring (bicyclic) bond motifs is 1. The van der Waals surface area contributed by atoms with Gasteiger partial charge in [0.15, 0.2) is 28.0 Å². The van der Waals surface area contributed by atoms with Crippen LogP contribution in [0.25, 0.3) is 22.2 Å². The number of ketones is 1. The number of carbonyl (C=O) groups is 3. The summed E-state index contributed by atoms with van der Waals surface area (Å²) in [5.74, 6) is -0.00303. The Morgan fingerprint density at radius 3 is 1.85 bits per heavy atom. The summed E-state index contributed by atoms with van der Waals surface area (Å²) in [5, 5.41) is 12.4. The normalized spacial score (nSPS) is 9.17. The number of pyridine rings is 1. The number of thioether (sulfide) groups is 2. The Labute approximate surface area is 536 Å². The van der Waals surface area contributed by atoms with E-state index in [2.05, 4.69) is 99.3 Å². The number of aromatic nitrogens is 5. The Morgan fingerprint density at radius 1 is 0.883 bits per heavy atom. The summed E-state index contributed by atoms with van der Waals surface area (Å²) in [4.78, 5) is 67.0. The fourth-order valence-electron chi connectivity index (χ4n) is 3.84. The first-order valence-corrected chi connectivity index (χ1v) is 37.6. The Morgan fingerprint density at radius 2 is 1.40 bits per heavy atom. The predicted molar refractivity (Wildman–Crippen MR) is 275 cm³/mol. The fraction of sp³-hybridized carbons (Fsp3) is 0.188. The van der Waals surface area contributed by atoms with Crippen LogP contribution in [0.4, 0.5) is 0 Å². The number of Topliss-reactive ketones (excluding diaryl/α,β-unsaturated/α-hetero) is 1. The van der Waals surface area contributed by atoms with E-state index in [9.17, 15) is 14.4 Å². The van der Waals surface area contributed by atoms with Gasteiger partial charge in [0.25, 0.3) is 12.0 Å². The van der Waals surface area contributed by atoms with Gasteiger partial charge in [-0.3, -0.25) is 19.2 Å². The monoisotopic (exact) mass is 1690 g/mol. The van der Waals surface area contributed by atoms with E-state index in [1.165, 1.54) is 43.9 Å². The standard InChI is InChI=1S/C15H11Cl2N3O2S.C10H10Cl2O2.C6H5ClN2OS.CH2O3.I3.I2.HI.2K.H/c1-22-20-13-8(7-18-15(19-13)23-2)5-11(14(20)21)10-4-3-9(16)6-12(10)17;1-14-6-9(13)4-7-2-3-8(11)5-10(7)12;1-11-6-8-2-4(3-10)5(7)9-6;2-1-4-3;1-3-2;1-2;;;;/h3-7H,1-2H3;2-3,5H,4,6H2,1H3;2-3H,1H3;1,3H;;;1H;;;/q;;;;-1;;;2*+1;-1/p-1. The summed E-state index contributed by atoms with van der Waals surface area (Å²) < 4.78 is 5.86. The van der Waals surface area contributed by atoms with Gasteiger partial charge in [-0.15, -0.1) is 28.7 Å². The van der Waals surface area contributed by atoms with Gasteiger partial charge >= 0.3 is 153 Å². The zero-order valence-corrected chi connectivity index (χ0v) is 56.5. The zero-order chi connectivity index (χ0) is 43.5. The smallest absolute Gasteiger partial charge is 1.00 e. The molecule has 0 N–H and O–H groups in total. The molecule has 0 unspecified atom stereocenters. The molecule has 0 aliphatic carbocycles. The first-order valence-electron chi connectivity index (χ1n) is 14.5. The number of benzene rings is 2. The van der Waals surface area contributed by atoms with Crippen molar-refractivity contribution in [2.75, 3.05) is 33.3 Å². The Hall–Kier alpha value is 4.14. The molecule has 60 heavy (non-hydrogen) atoms. The Kier molecular flexibility index (Phi) is 50.9. The number of carbonyl (C=O) groups excluding carboxylic acids is 3. The van der Waals surface area contributed by atoms with Crippen LogP contribution in [0.5, 0.6) is 0 Å². The molecule has 0 bridgehead atoms. The van der Waals surface area contributed by atoms with Crippen molar-refractivity contribution in [3.63, 3.8) is 0 Å². The van der Waals surface area contributed by atoms with Crippen molar-refractivity contribution in [2.45, 2.75) is 16.7 Å². The SMILES string of the molecule is COCC(=O)Cc1ccc(Cl)cc1Cl.COn1c(=O)c(-c2ccc(Cl)cc2Cl)cc2cnc(SC)nc21.CSc1ncc(C=O)c(Cl)n1.I.II.I[I-]I.O=CO[O-].[H-].[K+].[K+]. The third-order valence-corrected chi connectivity index (χ3v) is 8.63. The molecule has 0 spiro atoms. The maximum atomic E-state index is 12.7. The van der Waals surface area contributed by atoms with E-state index >= 15 is 0 Å². The van der Waals surface area contributed by atoms with E-state index in [0.29, 0.717) is 77.7 Å². The van der Waals surface area contributed by atoms with Crippen LogP contribution in [0.1, 0.15) is 17.3 Å². The number of halogens is 11. The molecule has 0 saturated carbocycles. The molecule has 2 aromatic carbocycles. The molecule has 5 rings (SSSR count). The van der Waals surface area contributed by atoms with Crippen molar-refractivity contribution < 1.29 is 152 Å². The molecule has 0 atom stereocenters. The van der Waals surface area contributed by atoms with Crippen LogP contribution in [0.2, 0.25) is 25.2 Å². The number of methoxy groups -OCH3 is 1. The zero-order valence-electron chi connectivity index (χ0n) is 32.8. The van der Waals surface area contributed by atoms with E-state index in [4.69, 9.17) is 77.6 Å². The van der Waals surface area contributed by atoms with Crippen molar-refractivity contribution in [3.05, 3.63) is 102 Å². The van der Waals surface area contributed by atoms with E-state index in [1.54, 1.807) is 48.7 Å². The molecule has 0 fully saturated rings. The van der Waals surface area contributed by atoms with Crippen LogP contribution in [0.3, 0.4) is 0 Å². The van der Waals surface area contributed by atoms with Gasteiger partial charge in [-0.2, -0.15) is 0 Å². The molecule has 5 aromatic rings. The molecule has 0 radical (unpaired) electrons. The summed E-state index contributed by atoms with van der Waals surface area (Å²) in [7, 11) is 2.90. The molecular weight excluding hydrogens is 1660 g/mol. The van der Waals surface area contributed by atoms with Crippen LogP contribution in [-0.4, -0.2) is 76.5 Å². The number of hydrogen-bond acceptors (Lipinski definition) is 14. The first kappa shape index (κ1) is 70.7. The molecule has 13 nitrogen and oxygen atoms in total. The van der Waals surface area contributed by atoms with Gasteiger partial charge in [0.1, 0.15) is 18.9 Å². The topological polar surface area (TPSA) is 176 Å². The summed E-state index contributed by atoms with van der Waals surface area (Å²) in [6, 6.07) is 11.7. The van der Waals surface area contributed by atoms with Crippen LogP contribution in [0.15, 0.2) is 70.0 Å². The molecule has 0 aliphatic heterocycles. The Bertz CT molecular complexity index is 2120. The van der Waals surface area contributed by atoms with Gasteiger partial charge in [-0.05, 0) is 48.4 Å². The third-order valence-electron chi connectivity index (χ3n) is 6.07. The first-order chi connectivity index (χ1) is 27.3. The largest absolute Gasteiger partial charge is 1.00 e. The second-order valence-electron chi connectivity index (χ2n) is 9.45. The summed E-state index contributed by atoms with van der Waals surface area (Å²) >= 11 is 41.7. The summed E-state index contributed by atoms with van der Waals surface area (Å²) in [6.45, 7) is -0.0705. The maximum absolute atomic E-state index is 12.7. The van der Waals surface area contributed by atoms with E-state index in [0.717, 1.165) is 10.3 Å². The molecular formula is C32H29Cl5I6K2N5O8S2-. The molecule has 322 valence electrons. The minimum absolute atomic E-state index is 0. The van der Waals surface area contributed by atoms with Crippen molar-refractivity contribution >= 4 is 210 Å². The fourth-order valence-corrected chi connectivity index (χ4v) is 5.73. The molecule has 0 amide bonds. The quantitative estimate of drug-likeness (QED) is 0.0289. The van der Waals surface area contributed by atoms with Crippen molar-refractivity contribution in [1.29, 1.82) is 0 Å². The van der Waals surface area contributed by atoms with Gasteiger partial charge in [0.2, 0.25) is 0 Å². The Balaban J connectivity index is -0.000000239. The number of nitrogens with zero attached hydrogens (tertiary/aromatic N) is 5. The summed E-state index contributed by atoms with van der Waals surface area (Å²) in [6.07, 6.45) is 7.67. The second-order valence-corrected chi connectivity index (χ2v) is 29.3. The number of ether oxygens (including phenoxy) is 1. The van der Waals surface area contributed by atoms with Crippen LogP contribution in [-0.2, 0) is 25.6 Å². The predicted octanol–water partition coefficient (Wildman–Crippen LogP) is 1.68. The van der Waals surface area contributed by atoms with Gasteiger partial charge < -0.3 is 21.1 Å². The molecule has 3 aromatic heterocycles. The minimum atomic E-state index is -0.352. The number of rotatable bonds is 10. The molecule has 28 heteroatoms. The van der Waals surface area contributed by atoms with Crippen molar-refractivity contribution in [1.82, 2.24) is 24.7 Å². The number of hydrogen-bond donors (Lipinski definition) is 0. The van der Waals surface area contributed by atoms with Crippen molar-refractivity contribution in [2.24, 2.45) is 0 Å². The van der Waals surface area contributed by atoms with E-state index in [-0.39, 0.29) is 164 Å². The third kappa shape index (κ3) is 27.4. The average Bonchev–Trinajstić information content (AvgIpc) is 3.20. The van der Waals surface area contributed by atoms with E-state index in [1.807, 2.05) is 12.5 Å². The van der Waals surface area contributed by atoms with Crippen molar-refractivity contribution in [3.8, 4) is 11.1 Å². The van der Waals surface area contributed by atoms with Gasteiger partial charge in [-0.1, -0.05) is 93.7 Å². The van der Waals surface area contributed by atoms with Crippen LogP contribution < -0.4 is 132 Å². The minimum Gasteiger partial charge on any atom is -1.00 e. The summed E-state index contributed by atoms with van der Waals surface area (Å²) in [5.41, 5.74) is 2.12. The van der Waals surface area contributed by atoms with Crippen LogP contribution in [0, 0.1) is 0 Å². The molecule has 3 heterocycles. The average molecular weight is 1690 g/mol. The molecule has 0 saturated heterocycles. The van der Waals surface area contributed by atoms with Gasteiger partial charge in [0, 0.05) is 89.2 Å². The molecule has 0 aliphatic rings. The second kappa shape index (κ2) is 43.2. The maximum Gasteiger partial charge on any atom is 1.00 e. The van der Waals surface area contributed by atoms with Gasteiger partial charge in [-0.25, -0.2) is 19.9 Å². The van der Waals surface area contributed by atoms with Gasteiger partial charge in [0.05, 0.1) is 16.1 Å². The number of aldehydes is 1. The van der Waals surface area contributed by atoms with Crippen LogP contribution >= 0.6 is 180 Å². The van der Waals surface area contributed by atoms with E-state index < -0.39 is 0 Å².